The van der Waals surface area contributed by atoms with Crippen LogP contribution in [0, 0.1) is 0 Å². The summed E-state index contributed by atoms with van der Waals surface area (Å²) in [6.07, 6.45) is 4.16. The highest BCUT2D eigenvalue weighted by molar-refractivity contribution is 5.74. The second-order valence-corrected chi connectivity index (χ2v) is 5.44. The van der Waals surface area contributed by atoms with E-state index in [9.17, 15) is 4.79 Å². The Labute approximate surface area is 136 Å². The standard InChI is InChI=1S/C17H23N5O/c1-4-11-22(12-10-15-8-6-5-7-9-15)17(23)19-14(2)16-20-18-13-21(16)3/h4-9,13-14H,1,10-12H2,2-3H3,(H,19,23). The lowest BCUT2D eigenvalue weighted by molar-refractivity contribution is 0.200. The number of nitrogens with one attached hydrogen (secondary N) is 1. The molecule has 0 fully saturated rings. The summed E-state index contributed by atoms with van der Waals surface area (Å²) in [7, 11) is 1.86. The van der Waals surface area contributed by atoms with Crippen molar-refractivity contribution in [2.75, 3.05) is 13.1 Å². The van der Waals surface area contributed by atoms with E-state index in [0.717, 1.165) is 12.2 Å². The molecule has 0 bridgehead atoms. The molecule has 0 radical (unpaired) electrons. The van der Waals surface area contributed by atoms with Crippen molar-refractivity contribution < 1.29 is 4.79 Å². The summed E-state index contributed by atoms with van der Waals surface area (Å²) >= 11 is 0. The SMILES string of the molecule is C=CCN(CCc1ccccc1)C(=O)NC(C)c1nncn1C. The van der Waals surface area contributed by atoms with Gasteiger partial charge in [0.15, 0.2) is 5.82 Å². The molecule has 122 valence electrons. The van der Waals surface area contributed by atoms with Gasteiger partial charge >= 0.3 is 6.03 Å². The molecule has 0 aliphatic heterocycles. The van der Waals surface area contributed by atoms with Crippen LogP contribution in [0.15, 0.2) is 49.3 Å². The van der Waals surface area contributed by atoms with Gasteiger partial charge in [-0.2, -0.15) is 0 Å². The molecular formula is C17H23N5O. The summed E-state index contributed by atoms with van der Waals surface area (Å²) < 4.78 is 1.80. The van der Waals surface area contributed by atoms with Gasteiger partial charge < -0.3 is 14.8 Å². The van der Waals surface area contributed by atoms with Crippen LogP contribution in [0.4, 0.5) is 4.79 Å². The zero-order chi connectivity index (χ0) is 16.7. The third-order valence-corrected chi connectivity index (χ3v) is 3.62. The molecule has 1 unspecified atom stereocenters. The van der Waals surface area contributed by atoms with Crippen LogP contribution in [0.2, 0.25) is 0 Å². The number of nitrogens with zero attached hydrogens (tertiary/aromatic N) is 4. The Kier molecular flexibility index (Phi) is 5.91. The third-order valence-electron chi connectivity index (χ3n) is 3.62. The number of rotatable bonds is 7. The molecule has 0 spiro atoms. The number of hydrogen-bond donors (Lipinski definition) is 1. The largest absolute Gasteiger partial charge is 0.328 e. The van der Waals surface area contributed by atoms with Crippen molar-refractivity contribution in [2.24, 2.45) is 7.05 Å². The van der Waals surface area contributed by atoms with Crippen LogP contribution in [0.1, 0.15) is 24.4 Å². The van der Waals surface area contributed by atoms with E-state index in [2.05, 4.69) is 34.2 Å². The van der Waals surface area contributed by atoms with E-state index in [-0.39, 0.29) is 12.1 Å². The molecule has 0 aliphatic rings. The normalized spacial score (nSPS) is 11.7. The molecule has 1 aromatic heterocycles. The molecule has 2 rings (SSSR count). The number of hydrogen-bond acceptors (Lipinski definition) is 3. The first-order chi connectivity index (χ1) is 11.1. The monoisotopic (exact) mass is 313 g/mol. The van der Waals surface area contributed by atoms with E-state index in [1.54, 1.807) is 21.9 Å². The summed E-state index contributed by atoms with van der Waals surface area (Å²) in [4.78, 5) is 14.2. The van der Waals surface area contributed by atoms with Crippen molar-refractivity contribution in [1.82, 2.24) is 25.0 Å². The number of aromatic nitrogens is 3. The van der Waals surface area contributed by atoms with Crippen LogP contribution < -0.4 is 5.32 Å². The fraction of sp³-hybridized carbons (Fsp3) is 0.353. The van der Waals surface area contributed by atoms with E-state index in [1.807, 2.05) is 32.2 Å². The zero-order valence-corrected chi connectivity index (χ0v) is 13.6. The maximum atomic E-state index is 12.5. The molecule has 6 nitrogen and oxygen atoms in total. The van der Waals surface area contributed by atoms with Crippen molar-refractivity contribution in [3.05, 3.63) is 60.7 Å². The Morgan fingerprint density at radius 2 is 2.17 bits per heavy atom. The minimum Gasteiger partial charge on any atom is -0.328 e. The lowest BCUT2D eigenvalue weighted by atomic mass is 10.1. The third kappa shape index (κ3) is 4.67. The molecule has 1 aromatic carbocycles. The Morgan fingerprint density at radius 3 is 2.78 bits per heavy atom. The molecule has 6 heteroatoms. The summed E-state index contributed by atoms with van der Waals surface area (Å²) in [5, 5.41) is 10.8. The van der Waals surface area contributed by atoms with Gasteiger partial charge in [-0.25, -0.2) is 4.79 Å². The Morgan fingerprint density at radius 1 is 1.43 bits per heavy atom. The van der Waals surface area contributed by atoms with Gasteiger partial charge in [0.05, 0.1) is 6.04 Å². The maximum absolute atomic E-state index is 12.5. The summed E-state index contributed by atoms with van der Waals surface area (Å²) in [6, 6.07) is 9.78. The molecule has 23 heavy (non-hydrogen) atoms. The first-order valence-corrected chi connectivity index (χ1v) is 7.66. The summed E-state index contributed by atoms with van der Waals surface area (Å²) in [6.45, 7) is 6.76. The number of carbonyl (C=O) groups is 1. The van der Waals surface area contributed by atoms with Crippen LogP contribution in [0.25, 0.3) is 0 Å². The van der Waals surface area contributed by atoms with E-state index in [1.165, 1.54) is 5.56 Å². The van der Waals surface area contributed by atoms with Gasteiger partial charge in [-0.15, -0.1) is 16.8 Å². The average Bonchev–Trinajstić information content (AvgIpc) is 2.98. The van der Waals surface area contributed by atoms with Crippen molar-refractivity contribution in [3.8, 4) is 0 Å². The fourth-order valence-electron chi connectivity index (χ4n) is 2.37. The van der Waals surface area contributed by atoms with E-state index < -0.39 is 0 Å². The van der Waals surface area contributed by atoms with Gasteiger partial charge in [0.2, 0.25) is 0 Å². The molecule has 1 atom stereocenters. The molecule has 0 aliphatic carbocycles. The highest BCUT2D eigenvalue weighted by atomic mass is 16.2. The first kappa shape index (κ1) is 16.7. The second kappa shape index (κ2) is 8.12. The highest BCUT2D eigenvalue weighted by Crippen LogP contribution is 2.09. The van der Waals surface area contributed by atoms with Crippen LogP contribution in [-0.4, -0.2) is 38.8 Å². The summed E-state index contributed by atoms with van der Waals surface area (Å²) in [5.74, 6) is 0.722. The predicted molar refractivity (Wildman–Crippen MR) is 89.9 cm³/mol. The quantitative estimate of drug-likeness (QED) is 0.798. The number of urea groups is 1. The van der Waals surface area contributed by atoms with Gasteiger partial charge in [0.1, 0.15) is 6.33 Å². The van der Waals surface area contributed by atoms with E-state index in [0.29, 0.717) is 13.1 Å². The van der Waals surface area contributed by atoms with Crippen LogP contribution in [-0.2, 0) is 13.5 Å². The number of benzene rings is 1. The second-order valence-electron chi connectivity index (χ2n) is 5.44. The molecule has 1 N–H and O–H groups in total. The molecular weight excluding hydrogens is 290 g/mol. The highest BCUT2D eigenvalue weighted by Gasteiger charge is 2.18. The average molecular weight is 313 g/mol. The van der Waals surface area contributed by atoms with Gasteiger partial charge in [-0.05, 0) is 18.9 Å². The molecule has 2 aromatic rings. The van der Waals surface area contributed by atoms with Gasteiger partial charge in [-0.3, -0.25) is 0 Å². The van der Waals surface area contributed by atoms with Crippen LogP contribution in [0.3, 0.4) is 0 Å². The molecule has 0 saturated carbocycles. The molecule has 0 saturated heterocycles. The van der Waals surface area contributed by atoms with Crippen LogP contribution in [0.5, 0.6) is 0 Å². The van der Waals surface area contributed by atoms with Crippen LogP contribution >= 0.6 is 0 Å². The van der Waals surface area contributed by atoms with Gasteiger partial charge in [-0.1, -0.05) is 36.4 Å². The van der Waals surface area contributed by atoms with E-state index in [4.69, 9.17) is 0 Å². The number of aryl methyl sites for hydroxylation is 1. The Hall–Kier alpha value is -2.63. The van der Waals surface area contributed by atoms with Crippen molar-refractivity contribution in [2.45, 2.75) is 19.4 Å². The minimum atomic E-state index is -0.209. The number of amides is 2. The minimum absolute atomic E-state index is 0.128. The van der Waals surface area contributed by atoms with E-state index >= 15 is 0 Å². The Balaban J connectivity index is 1.95. The van der Waals surface area contributed by atoms with Crippen molar-refractivity contribution in [1.29, 1.82) is 0 Å². The van der Waals surface area contributed by atoms with Gasteiger partial charge in [0.25, 0.3) is 0 Å². The maximum Gasteiger partial charge on any atom is 0.318 e. The number of carbonyl (C=O) groups excluding carboxylic acids is 1. The lowest BCUT2D eigenvalue weighted by Gasteiger charge is -2.24. The zero-order valence-electron chi connectivity index (χ0n) is 13.6. The topological polar surface area (TPSA) is 63.1 Å². The predicted octanol–water partition coefficient (Wildman–Crippen LogP) is 2.32. The smallest absolute Gasteiger partial charge is 0.318 e. The Bertz CT molecular complexity index is 637. The fourth-order valence-corrected chi connectivity index (χ4v) is 2.37. The van der Waals surface area contributed by atoms with Crippen molar-refractivity contribution >= 4 is 6.03 Å². The molecule has 1 heterocycles. The van der Waals surface area contributed by atoms with Gasteiger partial charge in [0, 0.05) is 20.1 Å². The summed E-state index contributed by atoms with van der Waals surface area (Å²) in [5.41, 5.74) is 1.20. The molecule has 2 amide bonds. The first-order valence-electron chi connectivity index (χ1n) is 7.66. The van der Waals surface area contributed by atoms with Crippen molar-refractivity contribution in [3.63, 3.8) is 0 Å². The lowest BCUT2D eigenvalue weighted by Crippen LogP contribution is -2.42.